The van der Waals surface area contributed by atoms with Crippen molar-refractivity contribution in [2.24, 2.45) is 0 Å². The summed E-state index contributed by atoms with van der Waals surface area (Å²) in [5.74, 6) is -0.993. The molecule has 22 heavy (non-hydrogen) atoms. The van der Waals surface area contributed by atoms with E-state index in [0.717, 1.165) is 22.0 Å². The standard InChI is InChI=1S/C17H15BrO4/c1-21-16(19)14-7-13(8-15(9-14)17(20)22-2)12-5-3-4-11(6-12)10-18/h3-9H,10H2,1-2H3. The third-order valence-corrected chi connectivity index (χ3v) is 3.84. The van der Waals surface area contributed by atoms with Gasteiger partial charge in [-0.1, -0.05) is 40.2 Å². The number of hydrogen-bond donors (Lipinski definition) is 0. The molecule has 0 saturated carbocycles. The van der Waals surface area contributed by atoms with Crippen molar-refractivity contribution in [1.82, 2.24) is 0 Å². The molecule has 0 amide bonds. The van der Waals surface area contributed by atoms with E-state index in [1.165, 1.54) is 20.3 Å². The Bertz CT molecular complexity index is 675. The molecule has 0 aliphatic carbocycles. The first-order chi connectivity index (χ1) is 10.6. The number of hydrogen-bond acceptors (Lipinski definition) is 4. The fraction of sp³-hybridized carbons (Fsp3) is 0.176. The molecule has 114 valence electrons. The molecular weight excluding hydrogens is 348 g/mol. The molecule has 0 heterocycles. The Hall–Kier alpha value is -2.14. The van der Waals surface area contributed by atoms with E-state index >= 15 is 0 Å². The second-order valence-electron chi connectivity index (χ2n) is 4.62. The van der Waals surface area contributed by atoms with Crippen molar-refractivity contribution in [1.29, 1.82) is 0 Å². The third kappa shape index (κ3) is 3.54. The number of halogens is 1. The predicted octanol–water partition coefficient (Wildman–Crippen LogP) is 3.82. The summed E-state index contributed by atoms with van der Waals surface area (Å²) >= 11 is 3.41. The van der Waals surface area contributed by atoms with E-state index in [9.17, 15) is 9.59 Å². The maximum atomic E-state index is 11.8. The van der Waals surface area contributed by atoms with Gasteiger partial charge >= 0.3 is 11.9 Å². The number of benzene rings is 2. The van der Waals surface area contributed by atoms with Crippen LogP contribution in [0.15, 0.2) is 42.5 Å². The topological polar surface area (TPSA) is 52.6 Å². The molecule has 0 atom stereocenters. The van der Waals surface area contributed by atoms with Crippen LogP contribution in [0.1, 0.15) is 26.3 Å². The third-order valence-electron chi connectivity index (χ3n) is 3.19. The summed E-state index contributed by atoms with van der Waals surface area (Å²) < 4.78 is 9.48. The van der Waals surface area contributed by atoms with Gasteiger partial charge in [0.05, 0.1) is 25.3 Å². The van der Waals surface area contributed by atoms with Gasteiger partial charge in [-0.15, -0.1) is 0 Å². The molecule has 0 fully saturated rings. The Morgan fingerprint density at radius 3 is 2.00 bits per heavy atom. The average molecular weight is 363 g/mol. The lowest BCUT2D eigenvalue weighted by Gasteiger charge is -2.09. The van der Waals surface area contributed by atoms with Crippen molar-refractivity contribution >= 4 is 27.9 Å². The van der Waals surface area contributed by atoms with Crippen LogP contribution < -0.4 is 0 Å². The predicted molar refractivity (Wildman–Crippen MR) is 87.2 cm³/mol. The maximum Gasteiger partial charge on any atom is 0.337 e. The molecule has 0 aliphatic heterocycles. The molecule has 0 saturated heterocycles. The van der Waals surface area contributed by atoms with Crippen molar-refractivity contribution in [3.63, 3.8) is 0 Å². The second kappa shape index (κ2) is 7.22. The van der Waals surface area contributed by atoms with E-state index in [0.29, 0.717) is 11.1 Å². The van der Waals surface area contributed by atoms with Crippen molar-refractivity contribution in [2.45, 2.75) is 5.33 Å². The molecular formula is C17H15BrO4. The lowest BCUT2D eigenvalue weighted by molar-refractivity contribution is 0.0599. The normalized spacial score (nSPS) is 10.1. The monoisotopic (exact) mass is 362 g/mol. The number of methoxy groups -OCH3 is 2. The summed E-state index contributed by atoms with van der Waals surface area (Å²) in [6.45, 7) is 0. The lowest BCUT2D eigenvalue weighted by atomic mass is 9.98. The van der Waals surface area contributed by atoms with Crippen LogP contribution in [0.5, 0.6) is 0 Å². The molecule has 0 N–H and O–H groups in total. The first kappa shape index (κ1) is 16.2. The summed E-state index contributed by atoms with van der Waals surface area (Å²) in [6, 6.07) is 12.7. The smallest absolute Gasteiger partial charge is 0.337 e. The van der Waals surface area contributed by atoms with Crippen molar-refractivity contribution in [3.8, 4) is 11.1 Å². The van der Waals surface area contributed by atoms with Gasteiger partial charge in [-0.25, -0.2) is 9.59 Å². The van der Waals surface area contributed by atoms with E-state index in [-0.39, 0.29) is 0 Å². The minimum Gasteiger partial charge on any atom is -0.465 e. The summed E-state index contributed by atoms with van der Waals surface area (Å²) in [4.78, 5) is 23.6. The molecule has 4 nitrogen and oxygen atoms in total. The van der Waals surface area contributed by atoms with Crippen LogP contribution in [-0.4, -0.2) is 26.2 Å². The maximum absolute atomic E-state index is 11.8. The lowest BCUT2D eigenvalue weighted by Crippen LogP contribution is -2.07. The van der Waals surface area contributed by atoms with Crippen LogP contribution in [0.2, 0.25) is 0 Å². The number of ether oxygens (including phenoxy) is 2. The summed E-state index contributed by atoms with van der Waals surface area (Å²) in [7, 11) is 2.61. The van der Waals surface area contributed by atoms with Crippen LogP contribution in [0.25, 0.3) is 11.1 Å². The van der Waals surface area contributed by atoms with Crippen LogP contribution in [0, 0.1) is 0 Å². The van der Waals surface area contributed by atoms with E-state index in [1.54, 1.807) is 12.1 Å². The van der Waals surface area contributed by atoms with Gasteiger partial charge in [0.15, 0.2) is 0 Å². The van der Waals surface area contributed by atoms with Gasteiger partial charge < -0.3 is 9.47 Å². The van der Waals surface area contributed by atoms with Crippen molar-refractivity contribution in [2.75, 3.05) is 14.2 Å². The molecule has 5 heteroatoms. The molecule has 0 bridgehead atoms. The second-order valence-corrected chi connectivity index (χ2v) is 5.18. The minimum atomic E-state index is -0.497. The van der Waals surface area contributed by atoms with Gasteiger partial charge in [-0.05, 0) is 34.9 Å². The first-order valence-corrected chi connectivity index (χ1v) is 7.68. The van der Waals surface area contributed by atoms with Crippen molar-refractivity contribution in [3.05, 3.63) is 59.2 Å². The first-order valence-electron chi connectivity index (χ1n) is 6.56. The molecule has 2 aromatic carbocycles. The van der Waals surface area contributed by atoms with E-state index < -0.39 is 11.9 Å². The zero-order chi connectivity index (χ0) is 16.1. The zero-order valence-electron chi connectivity index (χ0n) is 12.3. The Kier molecular flexibility index (Phi) is 5.33. The van der Waals surface area contributed by atoms with Crippen LogP contribution >= 0.6 is 15.9 Å². The molecule has 0 spiro atoms. The van der Waals surface area contributed by atoms with Gasteiger partial charge in [0.1, 0.15) is 0 Å². The summed E-state index contributed by atoms with van der Waals surface area (Å²) in [6.07, 6.45) is 0. The molecule has 0 aromatic heterocycles. The largest absolute Gasteiger partial charge is 0.465 e. The fourth-order valence-electron chi connectivity index (χ4n) is 2.10. The van der Waals surface area contributed by atoms with E-state index in [1.807, 2.05) is 24.3 Å². The summed E-state index contributed by atoms with van der Waals surface area (Å²) in [5.41, 5.74) is 3.38. The van der Waals surface area contributed by atoms with Crippen LogP contribution in [-0.2, 0) is 14.8 Å². The molecule has 2 aromatic rings. The molecule has 0 radical (unpaired) electrons. The number of rotatable bonds is 4. The quantitative estimate of drug-likeness (QED) is 0.612. The Balaban J connectivity index is 2.58. The van der Waals surface area contributed by atoms with Gasteiger partial charge in [-0.2, -0.15) is 0 Å². The highest BCUT2D eigenvalue weighted by Crippen LogP contribution is 2.25. The number of esters is 2. The average Bonchev–Trinajstić information content (AvgIpc) is 2.59. The van der Waals surface area contributed by atoms with E-state index in [4.69, 9.17) is 9.47 Å². The van der Waals surface area contributed by atoms with Gasteiger partial charge in [-0.3, -0.25) is 0 Å². The van der Waals surface area contributed by atoms with Crippen LogP contribution in [0.4, 0.5) is 0 Å². The highest BCUT2D eigenvalue weighted by molar-refractivity contribution is 9.08. The van der Waals surface area contributed by atoms with Crippen molar-refractivity contribution < 1.29 is 19.1 Å². The van der Waals surface area contributed by atoms with Gasteiger partial charge in [0, 0.05) is 5.33 Å². The molecule has 0 unspecified atom stereocenters. The number of carbonyl (C=O) groups is 2. The van der Waals surface area contributed by atoms with Crippen LogP contribution in [0.3, 0.4) is 0 Å². The Morgan fingerprint density at radius 1 is 0.909 bits per heavy atom. The minimum absolute atomic E-state index is 0.310. The van der Waals surface area contributed by atoms with Gasteiger partial charge in [0.25, 0.3) is 0 Å². The fourth-order valence-corrected chi connectivity index (χ4v) is 2.45. The Labute approximate surface area is 137 Å². The molecule has 2 rings (SSSR count). The van der Waals surface area contributed by atoms with Gasteiger partial charge in [0.2, 0.25) is 0 Å². The number of carbonyl (C=O) groups excluding carboxylic acids is 2. The van der Waals surface area contributed by atoms with E-state index in [2.05, 4.69) is 15.9 Å². The number of alkyl halides is 1. The summed E-state index contributed by atoms with van der Waals surface area (Å²) in [5, 5.41) is 0.724. The molecule has 0 aliphatic rings. The zero-order valence-corrected chi connectivity index (χ0v) is 13.8. The highest BCUT2D eigenvalue weighted by Gasteiger charge is 2.14. The SMILES string of the molecule is COC(=O)c1cc(C(=O)OC)cc(-c2cccc(CBr)c2)c1. The highest BCUT2D eigenvalue weighted by atomic mass is 79.9. The Morgan fingerprint density at radius 2 is 1.50 bits per heavy atom.